The van der Waals surface area contributed by atoms with Gasteiger partial charge in [0.05, 0.1) is 11.3 Å². The number of benzene rings is 1. The molecule has 0 aliphatic heterocycles. The first-order valence-electron chi connectivity index (χ1n) is 7.35. The molecule has 1 aromatic carbocycles. The number of amides is 1. The second kappa shape index (κ2) is 7.58. The fraction of sp³-hybridized carbons (Fsp3) is 0.375. The molecule has 8 heteroatoms. The number of alkyl halides is 3. The van der Waals surface area contributed by atoms with E-state index in [9.17, 15) is 18.0 Å². The molecule has 1 amide bonds. The lowest BCUT2D eigenvalue weighted by atomic mass is 10.1. The van der Waals surface area contributed by atoms with Crippen LogP contribution in [-0.2, 0) is 11.0 Å². The van der Waals surface area contributed by atoms with Gasteiger partial charge in [0.1, 0.15) is 11.6 Å². The number of anilines is 1. The van der Waals surface area contributed by atoms with Crippen LogP contribution in [0.15, 0.2) is 30.0 Å². The highest BCUT2D eigenvalue weighted by atomic mass is 35.5. The third kappa shape index (κ3) is 4.65. The summed E-state index contributed by atoms with van der Waals surface area (Å²) in [6, 6.07) is 4.92. The van der Waals surface area contributed by atoms with Gasteiger partial charge in [-0.15, -0.1) is 0 Å². The fourth-order valence-electron chi connectivity index (χ4n) is 2.51. The largest absolute Gasteiger partial charge is 0.418 e. The van der Waals surface area contributed by atoms with Crippen LogP contribution in [-0.4, -0.2) is 11.9 Å². The molecule has 0 saturated heterocycles. The van der Waals surface area contributed by atoms with Crippen molar-refractivity contribution < 1.29 is 18.0 Å². The molecule has 0 unspecified atom stereocenters. The second-order valence-electron chi connectivity index (χ2n) is 5.46. The first kappa shape index (κ1) is 18.1. The van der Waals surface area contributed by atoms with Gasteiger partial charge >= 0.3 is 6.18 Å². The Morgan fingerprint density at radius 2 is 2.00 bits per heavy atom. The van der Waals surface area contributed by atoms with Crippen molar-refractivity contribution in [3.63, 3.8) is 0 Å². The van der Waals surface area contributed by atoms with Gasteiger partial charge in [0.2, 0.25) is 0 Å². The summed E-state index contributed by atoms with van der Waals surface area (Å²) in [5.41, 5.74) is -1.54. The summed E-state index contributed by atoms with van der Waals surface area (Å²) in [5, 5.41) is 14.1. The molecule has 0 radical (unpaired) electrons. The van der Waals surface area contributed by atoms with Crippen LogP contribution in [0.3, 0.4) is 0 Å². The van der Waals surface area contributed by atoms with Crippen LogP contribution in [0.2, 0.25) is 5.02 Å². The molecular weight excluding hydrogens is 343 g/mol. The zero-order valence-electron chi connectivity index (χ0n) is 12.6. The molecular formula is C16H15ClF3N3O. The minimum absolute atomic E-state index is 0.00974. The van der Waals surface area contributed by atoms with E-state index >= 15 is 0 Å². The first-order chi connectivity index (χ1) is 11.3. The molecule has 0 atom stereocenters. The predicted molar refractivity (Wildman–Crippen MR) is 84.2 cm³/mol. The standard InChI is InChI=1S/C16H15ClF3N3O/c17-11-5-6-14(13(7-11)16(18,19)20)22-9-10(8-21)15(24)23-12-3-1-2-4-12/h5-7,9,12,22H,1-4H2,(H,23,24)/b10-9-. The summed E-state index contributed by atoms with van der Waals surface area (Å²) >= 11 is 5.60. The highest BCUT2D eigenvalue weighted by Crippen LogP contribution is 2.36. The number of halogens is 4. The summed E-state index contributed by atoms with van der Waals surface area (Å²) in [4.78, 5) is 12.0. The van der Waals surface area contributed by atoms with E-state index in [4.69, 9.17) is 16.9 Å². The summed E-state index contributed by atoms with van der Waals surface area (Å²) < 4.78 is 39.0. The zero-order chi connectivity index (χ0) is 17.7. The lowest BCUT2D eigenvalue weighted by Crippen LogP contribution is -2.33. The number of carbonyl (C=O) groups excluding carboxylic acids is 1. The molecule has 1 aliphatic rings. The Balaban J connectivity index is 2.15. The maximum Gasteiger partial charge on any atom is 0.418 e. The average Bonchev–Trinajstić information content (AvgIpc) is 3.01. The van der Waals surface area contributed by atoms with Crippen LogP contribution in [0.4, 0.5) is 18.9 Å². The molecule has 1 fully saturated rings. The summed E-state index contributed by atoms with van der Waals surface area (Å²) in [6.07, 6.45) is 0.0619. The Hall–Kier alpha value is -2.20. The normalized spacial score (nSPS) is 15.9. The maximum absolute atomic E-state index is 13.0. The smallest absolute Gasteiger partial charge is 0.360 e. The van der Waals surface area contributed by atoms with Crippen molar-refractivity contribution >= 4 is 23.2 Å². The summed E-state index contributed by atoms with van der Waals surface area (Å²) in [7, 11) is 0. The maximum atomic E-state index is 13.0. The van der Waals surface area contributed by atoms with E-state index in [0.29, 0.717) is 0 Å². The molecule has 1 saturated carbocycles. The number of carbonyl (C=O) groups is 1. The van der Waals surface area contributed by atoms with Crippen molar-refractivity contribution in [3.05, 3.63) is 40.6 Å². The van der Waals surface area contributed by atoms with E-state index in [1.807, 2.05) is 0 Å². The summed E-state index contributed by atoms with van der Waals surface area (Å²) in [6.45, 7) is 0. The molecule has 2 N–H and O–H groups in total. The van der Waals surface area contributed by atoms with E-state index < -0.39 is 17.6 Å². The Kier molecular flexibility index (Phi) is 5.73. The SMILES string of the molecule is N#C/C(=C/Nc1ccc(Cl)cc1C(F)(F)F)C(=O)NC1CCCC1. The molecule has 0 aromatic heterocycles. The van der Waals surface area contributed by atoms with Crippen LogP contribution in [0, 0.1) is 11.3 Å². The third-order valence-electron chi connectivity index (χ3n) is 3.71. The predicted octanol–water partition coefficient (Wildman–Crippen LogP) is 4.24. The second-order valence-corrected chi connectivity index (χ2v) is 5.89. The number of nitrogens with one attached hydrogen (secondary N) is 2. The average molecular weight is 358 g/mol. The van der Waals surface area contributed by atoms with Gasteiger partial charge in [-0.25, -0.2) is 0 Å². The first-order valence-corrected chi connectivity index (χ1v) is 7.73. The van der Waals surface area contributed by atoms with Gasteiger partial charge in [-0.1, -0.05) is 24.4 Å². The van der Waals surface area contributed by atoms with Gasteiger partial charge in [-0.3, -0.25) is 4.79 Å². The lowest BCUT2D eigenvalue weighted by Gasteiger charge is -2.14. The van der Waals surface area contributed by atoms with Crippen molar-refractivity contribution in [2.45, 2.75) is 37.9 Å². The quantitative estimate of drug-likeness (QED) is 0.626. The topological polar surface area (TPSA) is 64.9 Å². The molecule has 1 aromatic rings. The van der Waals surface area contributed by atoms with E-state index in [1.165, 1.54) is 6.07 Å². The van der Waals surface area contributed by atoms with Crippen molar-refractivity contribution in [2.24, 2.45) is 0 Å². The van der Waals surface area contributed by atoms with Crippen molar-refractivity contribution in [2.75, 3.05) is 5.32 Å². The molecule has 0 spiro atoms. The van der Waals surface area contributed by atoms with E-state index in [1.54, 1.807) is 6.07 Å². The molecule has 128 valence electrons. The van der Waals surface area contributed by atoms with Gasteiger partial charge in [0.25, 0.3) is 5.91 Å². The highest BCUT2D eigenvalue weighted by Gasteiger charge is 2.33. The van der Waals surface area contributed by atoms with Crippen molar-refractivity contribution in [1.29, 1.82) is 5.26 Å². The fourth-order valence-corrected chi connectivity index (χ4v) is 2.68. The highest BCUT2D eigenvalue weighted by molar-refractivity contribution is 6.30. The molecule has 24 heavy (non-hydrogen) atoms. The van der Waals surface area contributed by atoms with Crippen molar-refractivity contribution in [1.82, 2.24) is 5.32 Å². The third-order valence-corrected chi connectivity index (χ3v) is 3.95. The minimum atomic E-state index is -4.61. The molecule has 0 heterocycles. The van der Waals surface area contributed by atoms with Gasteiger partial charge in [0.15, 0.2) is 0 Å². The summed E-state index contributed by atoms with van der Waals surface area (Å²) in [5.74, 6) is -0.598. The Bertz CT molecular complexity index is 689. The van der Waals surface area contributed by atoms with Gasteiger partial charge < -0.3 is 10.6 Å². The van der Waals surface area contributed by atoms with Crippen LogP contribution < -0.4 is 10.6 Å². The number of hydrogen-bond acceptors (Lipinski definition) is 3. The van der Waals surface area contributed by atoms with Crippen LogP contribution in [0.25, 0.3) is 0 Å². The van der Waals surface area contributed by atoms with Gasteiger partial charge in [0, 0.05) is 17.3 Å². The van der Waals surface area contributed by atoms with E-state index in [2.05, 4.69) is 10.6 Å². The number of rotatable bonds is 4. The van der Waals surface area contributed by atoms with E-state index in [-0.39, 0.29) is 22.3 Å². The number of nitriles is 1. The molecule has 1 aliphatic carbocycles. The van der Waals surface area contributed by atoms with E-state index in [0.717, 1.165) is 44.0 Å². The van der Waals surface area contributed by atoms with Crippen LogP contribution in [0.1, 0.15) is 31.2 Å². The molecule has 2 rings (SSSR count). The zero-order valence-corrected chi connectivity index (χ0v) is 13.3. The van der Waals surface area contributed by atoms with Crippen molar-refractivity contribution in [3.8, 4) is 6.07 Å². The molecule has 0 bridgehead atoms. The Labute approximate surface area is 142 Å². The monoisotopic (exact) mass is 357 g/mol. The van der Waals surface area contributed by atoms with Gasteiger partial charge in [-0.05, 0) is 31.0 Å². The number of hydrogen-bond donors (Lipinski definition) is 2. The Morgan fingerprint density at radius 3 is 2.58 bits per heavy atom. The lowest BCUT2D eigenvalue weighted by molar-refractivity contribution is -0.136. The number of nitrogens with zero attached hydrogens (tertiary/aromatic N) is 1. The van der Waals surface area contributed by atoms with Crippen LogP contribution in [0.5, 0.6) is 0 Å². The van der Waals surface area contributed by atoms with Gasteiger partial charge in [-0.2, -0.15) is 18.4 Å². The minimum Gasteiger partial charge on any atom is -0.360 e. The molecule has 4 nitrogen and oxygen atoms in total. The van der Waals surface area contributed by atoms with Crippen LogP contribution >= 0.6 is 11.6 Å². The Morgan fingerprint density at radius 1 is 1.33 bits per heavy atom.